The van der Waals surface area contributed by atoms with Crippen molar-refractivity contribution >= 4 is 17.5 Å². The molecule has 4 rings (SSSR count). The van der Waals surface area contributed by atoms with E-state index in [0.29, 0.717) is 49.5 Å². The molecule has 2 aliphatic heterocycles. The molecule has 0 bridgehead atoms. The van der Waals surface area contributed by atoms with Gasteiger partial charge in [-0.25, -0.2) is 4.98 Å². The summed E-state index contributed by atoms with van der Waals surface area (Å²) in [5.74, 6) is -0.0857. The van der Waals surface area contributed by atoms with Crippen molar-refractivity contribution in [3.63, 3.8) is 0 Å². The Morgan fingerprint density at radius 2 is 1.93 bits per heavy atom. The number of carbonyl (C=O) groups excluding carboxylic acids is 1. The van der Waals surface area contributed by atoms with E-state index in [1.54, 1.807) is 12.1 Å². The molecule has 1 aromatic carbocycles. The molecule has 2 aromatic rings. The number of nitrogens with zero attached hydrogens (tertiary/aromatic N) is 2. The zero-order valence-corrected chi connectivity index (χ0v) is 15.8. The summed E-state index contributed by atoms with van der Waals surface area (Å²) in [5, 5.41) is 11.0. The second-order valence-electron chi connectivity index (χ2n) is 7.45. The monoisotopic (exact) mass is 386 g/mol. The van der Waals surface area contributed by atoms with E-state index in [1.165, 1.54) is 6.20 Å². The van der Waals surface area contributed by atoms with Gasteiger partial charge in [0.2, 0.25) is 0 Å². The Morgan fingerprint density at radius 3 is 2.59 bits per heavy atom. The molecule has 2 saturated heterocycles. The molecule has 1 amide bonds. The maximum atomic E-state index is 12.7. The third kappa shape index (κ3) is 4.00. The molecule has 27 heavy (non-hydrogen) atoms. The molecule has 1 N–H and O–H groups in total. The summed E-state index contributed by atoms with van der Waals surface area (Å²) in [6, 6.07) is 13.4. The highest BCUT2D eigenvalue weighted by Gasteiger charge is 2.44. The van der Waals surface area contributed by atoms with Gasteiger partial charge in [0.25, 0.3) is 5.91 Å². The number of pyridine rings is 1. The van der Waals surface area contributed by atoms with E-state index in [4.69, 9.17) is 16.3 Å². The maximum absolute atomic E-state index is 12.7. The molecule has 1 spiro atoms. The number of ether oxygens (including phenoxy) is 1. The van der Waals surface area contributed by atoms with Crippen LogP contribution < -0.4 is 0 Å². The van der Waals surface area contributed by atoms with Crippen LogP contribution in [0.4, 0.5) is 0 Å². The first-order valence-corrected chi connectivity index (χ1v) is 9.74. The van der Waals surface area contributed by atoms with Crippen LogP contribution >= 0.6 is 11.6 Å². The fourth-order valence-corrected chi connectivity index (χ4v) is 4.25. The van der Waals surface area contributed by atoms with Crippen molar-refractivity contribution in [3.8, 4) is 0 Å². The number of halogens is 1. The number of aliphatic hydroxyl groups excluding tert-OH is 1. The van der Waals surface area contributed by atoms with Crippen LogP contribution in [-0.4, -0.2) is 45.7 Å². The Hall–Kier alpha value is -1.95. The predicted molar refractivity (Wildman–Crippen MR) is 103 cm³/mol. The van der Waals surface area contributed by atoms with E-state index in [0.717, 1.165) is 5.56 Å². The molecule has 2 atom stereocenters. The van der Waals surface area contributed by atoms with Gasteiger partial charge in [0.05, 0.1) is 22.8 Å². The number of amides is 1. The first-order valence-electron chi connectivity index (χ1n) is 9.36. The summed E-state index contributed by atoms with van der Waals surface area (Å²) in [4.78, 5) is 18.6. The van der Waals surface area contributed by atoms with Gasteiger partial charge in [-0.2, -0.15) is 0 Å². The van der Waals surface area contributed by atoms with Crippen LogP contribution in [0.3, 0.4) is 0 Å². The van der Waals surface area contributed by atoms with Crippen LogP contribution in [0.25, 0.3) is 0 Å². The van der Waals surface area contributed by atoms with E-state index in [1.807, 2.05) is 35.2 Å². The fraction of sp³-hybridized carbons (Fsp3) is 0.429. The number of hydrogen-bond acceptors (Lipinski definition) is 4. The number of hydrogen-bond donors (Lipinski definition) is 1. The number of rotatable bonds is 2. The highest BCUT2D eigenvalue weighted by molar-refractivity contribution is 6.30. The number of piperidine rings is 1. The molecule has 0 radical (unpaired) electrons. The van der Waals surface area contributed by atoms with Crippen molar-refractivity contribution in [2.75, 3.05) is 13.1 Å². The molecule has 142 valence electrons. The van der Waals surface area contributed by atoms with E-state index >= 15 is 0 Å². The third-order valence-electron chi connectivity index (χ3n) is 5.57. The molecule has 2 fully saturated rings. The molecule has 2 aliphatic rings. The molecule has 3 heterocycles. The van der Waals surface area contributed by atoms with Gasteiger partial charge in [0.15, 0.2) is 0 Å². The van der Waals surface area contributed by atoms with Crippen LogP contribution in [0.5, 0.6) is 0 Å². The predicted octanol–water partition coefficient (Wildman–Crippen LogP) is 3.62. The summed E-state index contributed by atoms with van der Waals surface area (Å²) >= 11 is 5.85. The Morgan fingerprint density at radius 1 is 1.19 bits per heavy atom. The Balaban J connectivity index is 1.44. The summed E-state index contributed by atoms with van der Waals surface area (Å²) in [6.45, 7) is 1.19. The minimum absolute atomic E-state index is 0.0857. The summed E-state index contributed by atoms with van der Waals surface area (Å²) < 4.78 is 6.49. The van der Waals surface area contributed by atoms with Crippen molar-refractivity contribution in [1.82, 2.24) is 9.88 Å². The zero-order chi connectivity index (χ0) is 18.9. The van der Waals surface area contributed by atoms with Crippen LogP contribution in [0.2, 0.25) is 5.02 Å². The SMILES string of the molecule is O=C(c1ccc(Cl)cn1)N1CCC2(CC1)C[C@@H](O)C[C@H](c1ccccc1)O2. The average molecular weight is 387 g/mol. The average Bonchev–Trinajstić information content (AvgIpc) is 2.69. The van der Waals surface area contributed by atoms with Crippen molar-refractivity contribution in [2.24, 2.45) is 0 Å². The van der Waals surface area contributed by atoms with E-state index in [9.17, 15) is 9.90 Å². The third-order valence-corrected chi connectivity index (χ3v) is 5.79. The summed E-state index contributed by atoms with van der Waals surface area (Å²) in [7, 11) is 0. The normalized spacial score (nSPS) is 24.7. The van der Waals surface area contributed by atoms with Crippen molar-refractivity contribution in [2.45, 2.75) is 43.5 Å². The smallest absolute Gasteiger partial charge is 0.272 e. The summed E-state index contributed by atoms with van der Waals surface area (Å²) in [6.07, 6.45) is 3.67. The van der Waals surface area contributed by atoms with Gasteiger partial charge in [-0.15, -0.1) is 0 Å². The summed E-state index contributed by atoms with van der Waals surface area (Å²) in [5.41, 5.74) is 1.13. The topological polar surface area (TPSA) is 62.7 Å². The maximum Gasteiger partial charge on any atom is 0.272 e. The molecule has 6 heteroatoms. The molecule has 5 nitrogen and oxygen atoms in total. The van der Waals surface area contributed by atoms with E-state index in [-0.39, 0.29) is 23.7 Å². The standard InChI is InChI=1S/C21H23ClN2O3/c22-16-6-7-18(23-14-16)20(26)24-10-8-21(9-11-24)13-17(25)12-19(27-21)15-4-2-1-3-5-15/h1-7,14,17,19,25H,8-13H2/t17-,19+/m0/s1. The number of likely N-dealkylation sites (tertiary alicyclic amines) is 1. The van der Waals surface area contributed by atoms with Gasteiger partial charge in [-0.3, -0.25) is 4.79 Å². The Bertz CT molecular complexity index is 789. The minimum atomic E-state index is -0.385. The van der Waals surface area contributed by atoms with Crippen molar-refractivity contribution in [1.29, 1.82) is 0 Å². The molecule has 0 aliphatic carbocycles. The van der Waals surface area contributed by atoms with Crippen molar-refractivity contribution < 1.29 is 14.6 Å². The lowest BCUT2D eigenvalue weighted by atomic mass is 9.81. The lowest BCUT2D eigenvalue weighted by Gasteiger charge is -2.48. The number of aliphatic hydroxyl groups is 1. The van der Waals surface area contributed by atoms with Crippen molar-refractivity contribution in [3.05, 3.63) is 64.9 Å². The highest BCUT2D eigenvalue weighted by Crippen LogP contribution is 2.43. The molecule has 0 unspecified atom stereocenters. The lowest BCUT2D eigenvalue weighted by Crippen LogP contribution is -2.52. The van der Waals surface area contributed by atoms with Gasteiger partial charge in [0.1, 0.15) is 5.69 Å². The Kier molecular flexibility index (Phi) is 5.17. The quantitative estimate of drug-likeness (QED) is 0.856. The lowest BCUT2D eigenvalue weighted by molar-refractivity contribution is -0.181. The van der Waals surface area contributed by atoms with Gasteiger partial charge < -0.3 is 14.7 Å². The first kappa shape index (κ1) is 18.4. The van der Waals surface area contributed by atoms with Gasteiger partial charge in [-0.05, 0) is 30.5 Å². The Labute approximate surface area is 163 Å². The number of aromatic nitrogens is 1. The molecular formula is C21H23ClN2O3. The van der Waals surface area contributed by atoms with Crippen LogP contribution in [0.1, 0.15) is 47.8 Å². The van der Waals surface area contributed by atoms with E-state index < -0.39 is 0 Å². The second kappa shape index (κ2) is 7.58. The van der Waals surface area contributed by atoms with Crippen LogP contribution in [0.15, 0.2) is 48.7 Å². The number of benzene rings is 1. The molecule has 0 saturated carbocycles. The highest BCUT2D eigenvalue weighted by atomic mass is 35.5. The fourth-order valence-electron chi connectivity index (χ4n) is 4.13. The van der Waals surface area contributed by atoms with Gasteiger partial charge >= 0.3 is 0 Å². The number of carbonyl (C=O) groups is 1. The minimum Gasteiger partial charge on any atom is -0.393 e. The largest absolute Gasteiger partial charge is 0.393 e. The second-order valence-corrected chi connectivity index (χ2v) is 7.88. The van der Waals surface area contributed by atoms with E-state index in [2.05, 4.69) is 4.98 Å². The first-order chi connectivity index (χ1) is 13.0. The molecular weight excluding hydrogens is 364 g/mol. The zero-order valence-electron chi connectivity index (χ0n) is 15.1. The van der Waals surface area contributed by atoms with Crippen LogP contribution in [-0.2, 0) is 4.74 Å². The molecule has 1 aromatic heterocycles. The van der Waals surface area contributed by atoms with Gasteiger partial charge in [0, 0.05) is 32.1 Å². The van der Waals surface area contributed by atoms with Crippen LogP contribution in [0, 0.1) is 0 Å². The van der Waals surface area contributed by atoms with Gasteiger partial charge in [-0.1, -0.05) is 41.9 Å².